The molecule has 1 aromatic rings. The minimum Gasteiger partial charge on any atom is -0.380 e. The van der Waals surface area contributed by atoms with Gasteiger partial charge < -0.3 is 10.5 Å². The maximum Gasteiger partial charge on any atom is 0.0857 e. The monoisotopic (exact) mass is 229 g/mol. The topological polar surface area (TPSA) is 61.0 Å². The lowest BCUT2D eigenvalue weighted by Gasteiger charge is -2.19. The zero-order valence-electron chi connectivity index (χ0n) is 9.78. The summed E-state index contributed by atoms with van der Waals surface area (Å²) in [5.41, 5.74) is 7.01. The van der Waals surface area contributed by atoms with E-state index in [1.165, 1.54) is 11.5 Å². The van der Waals surface area contributed by atoms with Gasteiger partial charge in [0, 0.05) is 12.0 Å². The van der Waals surface area contributed by atoms with Crippen LogP contribution in [0.4, 0.5) is 0 Å². The van der Waals surface area contributed by atoms with Crippen LogP contribution in [0, 0.1) is 0 Å². The van der Waals surface area contributed by atoms with Gasteiger partial charge in [-0.05, 0) is 18.5 Å². The molecule has 0 aliphatic heterocycles. The molecule has 2 N–H and O–H groups in total. The Morgan fingerprint density at radius 3 is 2.67 bits per heavy atom. The lowest BCUT2D eigenvalue weighted by atomic mass is 9.90. The normalized spacial score (nSPS) is 14.2. The number of rotatable bonds is 4. The fourth-order valence-electron chi connectivity index (χ4n) is 1.28. The summed E-state index contributed by atoms with van der Waals surface area (Å²) in [6.45, 7) is 9.51. The second-order valence-electron chi connectivity index (χ2n) is 4.50. The van der Waals surface area contributed by atoms with Crippen molar-refractivity contribution >= 4 is 11.5 Å². The van der Waals surface area contributed by atoms with Crippen LogP contribution in [0.3, 0.4) is 0 Å². The molecule has 1 atom stereocenters. The lowest BCUT2D eigenvalue weighted by Crippen LogP contribution is -2.22. The molecule has 0 bridgehead atoms. The summed E-state index contributed by atoms with van der Waals surface area (Å²) in [5.74, 6) is 0. The Bertz CT molecular complexity index is 306. The van der Waals surface area contributed by atoms with E-state index in [9.17, 15) is 0 Å². The Labute approximate surface area is 95.0 Å². The van der Waals surface area contributed by atoms with E-state index in [0.717, 1.165) is 10.6 Å². The number of aromatic nitrogens is 2. The first-order valence-corrected chi connectivity index (χ1v) is 5.90. The minimum atomic E-state index is -0.112. The van der Waals surface area contributed by atoms with E-state index in [4.69, 9.17) is 10.5 Å². The zero-order valence-corrected chi connectivity index (χ0v) is 10.6. The van der Waals surface area contributed by atoms with E-state index in [2.05, 4.69) is 30.4 Å². The summed E-state index contributed by atoms with van der Waals surface area (Å²) in [6.07, 6.45) is 0. The molecule has 5 heteroatoms. The summed E-state index contributed by atoms with van der Waals surface area (Å²) in [4.78, 5) is 1.04. The smallest absolute Gasteiger partial charge is 0.0857 e. The average Bonchev–Trinajstić information content (AvgIpc) is 2.61. The van der Waals surface area contributed by atoms with Crippen LogP contribution in [0.25, 0.3) is 0 Å². The van der Waals surface area contributed by atoms with Gasteiger partial charge in [-0.2, -0.15) is 0 Å². The van der Waals surface area contributed by atoms with E-state index < -0.39 is 0 Å². The maximum atomic E-state index is 6.03. The van der Waals surface area contributed by atoms with Crippen LogP contribution in [-0.2, 0) is 10.2 Å². The highest BCUT2D eigenvalue weighted by molar-refractivity contribution is 7.05. The van der Waals surface area contributed by atoms with Gasteiger partial charge in [0.2, 0.25) is 0 Å². The fourth-order valence-corrected chi connectivity index (χ4v) is 2.13. The first kappa shape index (κ1) is 12.5. The quantitative estimate of drug-likeness (QED) is 0.856. The van der Waals surface area contributed by atoms with Gasteiger partial charge in [0.15, 0.2) is 0 Å². The molecule has 0 amide bonds. The number of hydrogen-bond donors (Lipinski definition) is 1. The van der Waals surface area contributed by atoms with Crippen LogP contribution in [0.2, 0.25) is 0 Å². The van der Waals surface area contributed by atoms with Crippen molar-refractivity contribution in [3.8, 4) is 0 Å². The molecule has 0 fully saturated rings. The molecule has 1 rings (SSSR count). The standard InChI is InChI=1S/C10H19N3OS/c1-5-14-6-7(11)8-9(10(2,3)4)12-13-15-8/h7H,5-6,11H2,1-4H3. The molecule has 0 aromatic carbocycles. The Morgan fingerprint density at radius 1 is 1.47 bits per heavy atom. The van der Waals surface area contributed by atoms with Gasteiger partial charge in [-0.1, -0.05) is 25.3 Å². The van der Waals surface area contributed by atoms with E-state index in [-0.39, 0.29) is 11.5 Å². The third-order valence-corrected chi connectivity index (χ3v) is 2.92. The van der Waals surface area contributed by atoms with Crippen molar-refractivity contribution in [2.45, 2.75) is 39.2 Å². The highest BCUT2D eigenvalue weighted by Gasteiger charge is 2.25. The van der Waals surface area contributed by atoms with Crippen molar-refractivity contribution in [1.29, 1.82) is 0 Å². The fraction of sp³-hybridized carbons (Fsp3) is 0.800. The van der Waals surface area contributed by atoms with Gasteiger partial charge in [0.05, 0.1) is 23.2 Å². The van der Waals surface area contributed by atoms with Crippen LogP contribution >= 0.6 is 11.5 Å². The molecule has 0 radical (unpaired) electrons. The van der Waals surface area contributed by atoms with Crippen molar-refractivity contribution in [1.82, 2.24) is 9.59 Å². The molecular formula is C10H19N3OS. The number of nitrogens with two attached hydrogens (primary N) is 1. The summed E-state index contributed by atoms with van der Waals surface area (Å²) in [6, 6.07) is -0.112. The van der Waals surface area contributed by atoms with Crippen molar-refractivity contribution in [2.24, 2.45) is 5.73 Å². The molecule has 1 unspecified atom stereocenters. The third-order valence-electron chi connectivity index (χ3n) is 2.06. The molecule has 15 heavy (non-hydrogen) atoms. The van der Waals surface area contributed by atoms with Crippen molar-refractivity contribution in [3.63, 3.8) is 0 Å². The van der Waals surface area contributed by atoms with Crippen molar-refractivity contribution in [2.75, 3.05) is 13.2 Å². The minimum absolute atomic E-state index is 0.00777. The largest absolute Gasteiger partial charge is 0.380 e. The summed E-state index contributed by atoms with van der Waals surface area (Å²) in [5, 5.41) is 4.15. The molecule has 0 spiro atoms. The second-order valence-corrected chi connectivity index (χ2v) is 5.29. The van der Waals surface area contributed by atoms with Crippen LogP contribution in [-0.4, -0.2) is 22.8 Å². The Morgan fingerprint density at radius 2 is 2.13 bits per heavy atom. The summed E-state index contributed by atoms with van der Waals surface area (Å²) < 4.78 is 9.29. The van der Waals surface area contributed by atoms with Gasteiger partial charge in [-0.3, -0.25) is 0 Å². The molecule has 0 aliphatic rings. The Kier molecular flexibility index (Phi) is 4.19. The third kappa shape index (κ3) is 3.22. The van der Waals surface area contributed by atoms with Gasteiger partial charge in [-0.15, -0.1) is 5.10 Å². The van der Waals surface area contributed by atoms with Gasteiger partial charge in [0.25, 0.3) is 0 Å². The predicted molar refractivity (Wildman–Crippen MR) is 62.0 cm³/mol. The van der Waals surface area contributed by atoms with Crippen molar-refractivity contribution in [3.05, 3.63) is 10.6 Å². The second kappa shape index (κ2) is 5.01. The number of ether oxygens (including phenoxy) is 1. The molecular weight excluding hydrogens is 210 g/mol. The first-order valence-electron chi connectivity index (χ1n) is 5.13. The maximum absolute atomic E-state index is 6.03. The predicted octanol–water partition coefficient (Wildman–Crippen LogP) is 1.87. The highest BCUT2D eigenvalue weighted by atomic mass is 32.1. The van der Waals surface area contributed by atoms with Gasteiger partial charge >= 0.3 is 0 Å². The molecule has 0 saturated heterocycles. The van der Waals surface area contributed by atoms with Crippen molar-refractivity contribution < 1.29 is 4.74 Å². The highest BCUT2D eigenvalue weighted by Crippen LogP contribution is 2.29. The number of hydrogen-bond acceptors (Lipinski definition) is 5. The van der Waals surface area contributed by atoms with E-state index in [0.29, 0.717) is 13.2 Å². The molecule has 4 nitrogen and oxygen atoms in total. The van der Waals surface area contributed by atoms with Crippen LogP contribution in [0.1, 0.15) is 44.3 Å². The van der Waals surface area contributed by atoms with Crippen LogP contribution in [0.15, 0.2) is 0 Å². The van der Waals surface area contributed by atoms with Crippen LogP contribution in [0.5, 0.6) is 0 Å². The number of nitrogens with zero attached hydrogens (tertiary/aromatic N) is 2. The molecule has 0 saturated carbocycles. The van der Waals surface area contributed by atoms with E-state index >= 15 is 0 Å². The summed E-state index contributed by atoms with van der Waals surface area (Å²) >= 11 is 1.37. The van der Waals surface area contributed by atoms with E-state index in [1.807, 2.05) is 6.92 Å². The van der Waals surface area contributed by atoms with E-state index in [1.54, 1.807) is 0 Å². The van der Waals surface area contributed by atoms with Crippen LogP contribution < -0.4 is 5.73 Å². The SMILES string of the molecule is CCOCC(N)c1snnc1C(C)(C)C. The van der Waals surface area contributed by atoms with Gasteiger partial charge in [-0.25, -0.2) is 0 Å². The Balaban J connectivity index is 2.81. The average molecular weight is 229 g/mol. The lowest BCUT2D eigenvalue weighted by molar-refractivity contribution is 0.134. The molecule has 86 valence electrons. The molecule has 1 aromatic heterocycles. The zero-order chi connectivity index (χ0) is 11.5. The summed E-state index contributed by atoms with van der Waals surface area (Å²) in [7, 11) is 0. The molecule has 1 heterocycles. The molecule has 0 aliphatic carbocycles. The Hall–Kier alpha value is -0.520. The first-order chi connectivity index (χ1) is 6.96. The van der Waals surface area contributed by atoms with Gasteiger partial charge in [0.1, 0.15) is 0 Å².